The van der Waals surface area contributed by atoms with Gasteiger partial charge in [0.2, 0.25) is 0 Å². The number of nitrogens with one attached hydrogen (secondary N) is 1. The van der Waals surface area contributed by atoms with Crippen molar-refractivity contribution in [3.05, 3.63) is 0 Å². The summed E-state index contributed by atoms with van der Waals surface area (Å²) in [6.45, 7) is 3.66. The summed E-state index contributed by atoms with van der Waals surface area (Å²) in [4.78, 5) is 23.3. The zero-order valence-electron chi connectivity index (χ0n) is 9.93. The largest absolute Gasteiger partial charge is 0.479 e. The van der Waals surface area contributed by atoms with Crippen molar-refractivity contribution in [2.24, 2.45) is 0 Å². The van der Waals surface area contributed by atoms with Crippen LogP contribution in [0.3, 0.4) is 0 Å². The Morgan fingerprint density at radius 2 is 2.00 bits per heavy atom. The topological polar surface area (TPSA) is 89.9 Å². The number of carbonyl (C=O) groups is 2. The molecule has 0 fully saturated rings. The van der Waals surface area contributed by atoms with Gasteiger partial charge < -0.3 is 20.4 Å². The third kappa shape index (κ3) is 4.97. The molecule has 94 valence electrons. The first kappa shape index (κ1) is 14.7. The molecule has 0 aliphatic carbocycles. The number of carboxylic acids is 1. The van der Waals surface area contributed by atoms with Gasteiger partial charge in [0.25, 0.3) is 0 Å². The van der Waals surface area contributed by atoms with Crippen LogP contribution < -0.4 is 5.32 Å². The van der Waals surface area contributed by atoms with E-state index < -0.39 is 12.1 Å². The summed E-state index contributed by atoms with van der Waals surface area (Å²) in [6, 6.07) is -0.284. The predicted octanol–water partition coefficient (Wildman–Crippen LogP) is 0.262. The highest BCUT2D eigenvalue weighted by Gasteiger charge is 2.18. The SMILES string of the molecule is CCCC(C)N(C)C(=O)NC[C@H](O)C(=O)O. The second kappa shape index (κ2) is 7.05. The predicted molar refractivity (Wildman–Crippen MR) is 59.2 cm³/mol. The number of aliphatic hydroxyl groups is 1. The van der Waals surface area contributed by atoms with Crippen LogP contribution in [0.2, 0.25) is 0 Å². The van der Waals surface area contributed by atoms with E-state index in [1.807, 2.05) is 13.8 Å². The summed E-state index contributed by atoms with van der Waals surface area (Å²) in [5.74, 6) is -1.34. The lowest BCUT2D eigenvalue weighted by atomic mass is 10.2. The third-order valence-corrected chi connectivity index (χ3v) is 2.42. The summed E-state index contributed by atoms with van der Waals surface area (Å²) >= 11 is 0. The summed E-state index contributed by atoms with van der Waals surface area (Å²) < 4.78 is 0. The molecule has 0 aliphatic heterocycles. The molecule has 0 aromatic carbocycles. The van der Waals surface area contributed by atoms with E-state index in [9.17, 15) is 9.59 Å². The van der Waals surface area contributed by atoms with Gasteiger partial charge in [0, 0.05) is 13.1 Å². The number of rotatable bonds is 6. The number of aliphatic carboxylic acids is 1. The normalized spacial score (nSPS) is 14.0. The van der Waals surface area contributed by atoms with Crippen LogP contribution in [0.4, 0.5) is 4.79 Å². The van der Waals surface area contributed by atoms with Gasteiger partial charge >= 0.3 is 12.0 Å². The van der Waals surface area contributed by atoms with Gasteiger partial charge in [-0.05, 0) is 13.3 Å². The molecule has 0 aliphatic rings. The Balaban J connectivity index is 4.01. The molecular weight excluding hydrogens is 212 g/mol. The molecule has 0 rings (SSSR count). The molecule has 3 N–H and O–H groups in total. The van der Waals surface area contributed by atoms with Crippen molar-refractivity contribution < 1.29 is 19.8 Å². The maximum atomic E-state index is 11.5. The molecular formula is C10H20N2O4. The zero-order chi connectivity index (χ0) is 12.7. The second-order valence-electron chi connectivity index (χ2n) is 3.79. The minimum absolute atomic E-state index is 0.0898. The molecule has 2 atom stereocenters. The lowest BCUT2D eigenvalue weighted by Crippen LogP contribution is -2.46. The Kier molecular flexibility index (Phi) is 6.48. The number of carboxylic acid groups (broad SMARTS) is 1. The Hall–Kier alpha value is -1.30. The molecule has 6 heteroatoms. The average Bonchev–Trinajstić information content (AvgIpc) is 2.24. The first-order valence-corrected chi connectivity index (χ1v) is 5.31. The van der Waals surface area contributed by atoms with Crippen LogP contribution >= 0.6 is 0 Å². The van der Waals surface area contributed by atoms with E-state index in [1.54, 1.807) is 7.05 Å². The molecule has 0 aromatic heterocycles. The number of nitrogens with zero attached hydrogens (tertiary/aromatic N) is 1. The zero-order valence-corrected chi connectivity index (χ0v) is 9.93. The fraction of sp³-hybridized carbons (Fsp3) is 0.800. The number of aliphatic hydroxyl groups excluding tert-OH is 1. The van der Waals surface area contributed by atoms with E-state index in [2.05, 4.69) is 5.32 Å². The van der Waals surface area contributed by atoms with Gasteiger partial charge in [0.15, 0.2) is 6.10 Å². The lowest BCUT2D eigenvalue weighted by molar-refractivity contribution is -0.146. The summed E-state index contributed by atoms with van der Waals surface area (Å²) in [5, 5.41) is 19.7. The van der Waals surface area contributed by atoms with E-state index in [-0.39, 0.29) is 18.6 Å². The molecule has 0 saturated heterocycles. The molecule has 0 aromatic rings. The molecule has 1 unspecified atom stereocenters. The number of hydrogen-bond acceptors (Lipinski definition) is 3. The van der Waals surface area contributed by atoms with Crippen LogP contribution in [0.15, 0.2) is 0 Å². The first-order chi connectivity index (χ1) is 7.40. The van der Waals surface area contributed by atoms with E-state index in [4.69, 9.17) is 10.2 Å². The maximum Gasteiger partial charge on any atom is 0.334 e. The van der Waals surface area contributed by atoms with Gasteiger partial charge in [-0.1, -0.05) is 13.3 Å². The molecule has 0 radical (unpaired) electrons. The molecule has 0 spiro atoms. The highest BCUT2D eigenvalue weighted by atomic mass is 16.4. The van der Waals surface area contributed by atoms with Gasteiger partial charge in [-0.2, -0.15) is 0 Å². The van der Waals surface area contributed by atoms with Crippen LogP contribution in [0.5, 0.6) is 0 Å². The summed E-state index contributed by atoms with van der Waals surface area (Å²) in [6.07, 6.45) is 0.293. The van der Waals surface area contributed by atoms with E-state index in [1.165, 1.54) is 4.90 Å². The van der Waals surface area contributed by atoms with E-state index >= 15 is 0 Å². The van der Waals surface area contributed by atoms with Gasteiger partial charge in [-0.15, -0.1) is 0 Å². The van der Waals surface area contributed by atoms with Crippen molar-refractivity contribution in [3.63, 3.8) is 0 Å². The van der Waals surface area contributed by atoms with Crippen LogP contribution in [0.25, 0.3) is 0 Å². The maximum absolute atomic E-state index is 11.5. The Morgan fingerprint density at radius 1 is 1.44 bits per heavy atom. The summed E-state index contributed by atoms with van der Waals surface area (Å²) in [5.41, 5.74) is 0. The van der Waals surface area contributed by atoms with E-state index in [0.29, 0.717) is 0 Å². The number of amides is 2. The van der Waals surface area contributed by atoms with Gasteiger partial charge in [-0.3, -0.25) is 0 Å². The van der Waals surface area contributed by atoms with Gasteiger partial charge in [0.05, 0.1) is 6.54 Å². The van der Waals surface area contributed by atoms with Gasteiger partial charge in [-0.25, -0.2) is 9.59 Å². The highest BCUT2D eigenvalue weighted by molar-refractivity contribution is 5.76. The van der Waals surface area contributed by atoms with Crippen molar-refractivity contribution in [3.8, 4) is 0 Å². The molecule has 0 bridgehead atoms. The Morgan fingerprint density at radius 3 is 2.44 bits per heavy atom. The van der Waals surface area contributed by atoms with Crippen molar-refractivity contribution in [1.82, 2.24) is 10.2 Å². The van der Waals surface area contributed by atoms with Crippen molar-refractivity contribution >= 4 is 12.0 Å². The first-order valence-electron chi connectivity index (χ1n) is 5.31. The second-order valence-corrected chi connectivity index (χ2v) is 3.79. The minimum Gasteiger partial charge on any atom is -0.479 e. The lowest BCUT2D eigenvalue weighted by Gasteiger charge is -2.25. The fourth-order valence-corrected chi connectivity index (χ4v) is 1.21. The third-order valence-electron chi connectivity index (χ3n) is 2.42. The number of hydrogen-bond donors (Lipinski definition) is 3. The Bertz CT molecular complexity index is 245. The van der Waals surface area contributed by atoms with Gasteiger partial charge in [0.1, 0.15) is 0 Å². The number of carbonyl (C=O) groups excluding carboxylic acids is 1. The van der Waals surface area contributed by atoms with Crippen LogP contribution in [0, 0.1) is 0 Å². The standard InChI is InChI=1S/C10H20N2O4/c1-4-5-7(2)12(3)10(16)11-6-8(13)9(14)15/h7-8,13H,4-6H2,1-3H3,(H,11,16)(H,14,15)/t7?,8-/m0/s1. The van der Waals surface area contributed by atoms with Crippen molar-refractivity contribution in [2.45, 2.75) is 38.8 Å². The molecule has 0 saturated carbocycles. The Labute approximate surface area is 95.2 Å². The van der Waals surface area contributed by atoms with Crippen LogP contribution in [0.1, 0.15) is 26.7 Å². The quantitative estimate of drug-likeness (QED) is 0.613. The smallest absolute Gasteiger partial charge is 0.334 e. The molecule has 16 heavy (non-hydrogen) atoms. The monoisotopic (exact) mass is 232 g/mol. The molecule has 0 heterocycles. The van der Waals surface area contributed by atoms with Crippen LogP contribution in [-0.2, 0) is 4.79 Å². The summed E-state index contributed by atoms with van der Waals surface area (Å²) in [7, 11) is 1.64. The molecule has 2 amide bonds. The van der Waals surface area contributed by atoms with E-state index in [0.717, 1.165) is 12.8 Å². The average molecular weight is 232 g/mol. The molecule has 6 nitrogen and oxygen atoms in total. The minimum atomic E-state index is -1.56. The van der Waals surface area contributed by atoms with Crippen molar-refractivity contribution in [2.75, 3.05) is 13.6 Å². The number of urea groups is 1. The van der Waals surface area contributed by atoms with Crippen LogP contribution in [-0.4, -0.2) is 52.9 Å². The van der Waals surface area contributed by atoms with Crippen molar-refractivity contribution in [1.29, 1.82) is 0 Å². The highest BCUT2D eigenvalue weighted by Crippen LogP contribution is 2.03. The fourth-order valence-electron chi connectivity index (χ4n) is 1.21.